The molecule has 0 saturated heterocycles. The van der Waals surface area contributed by atoms with Crippen LogP contribution in [0.1, 0.15) is 38.8 Å². The van der Waals surface area contributed by atoms with E-state index in [-0.39, 0.29) is 23.2 Å². The number of rotatable bonds is 4. The van der Waals surface area contributed by atoms with Crippen LogP contribution in [0.5, 0.6) is 0 Å². The molecule has 0 heterocycles. The van der Waals surface area contributed by atoms with Gasteiger partial charge < -0.3 is 4.74 Å². The maximum Gasteiger partial charge on any atom is 0.309 e. The summed E-state index contributed by atoms with van der Waals surface area (Å²) in [6.45, 7) is 5.78. The molecule has 2 fully saturated rings. The summed E-state index contributed by atoms with van der Waals surface area (Å²) in [6, 6.07) is 5.27. The van der Waals surface area contributed by atoms with Crippen molar-refractivity contribution < 1.29 is 18.7 Å². The standard InChI is InChI=1S/C20H23FN2O3/c1-19(2)13-10-14(18(25)26-4)20(19,3)17(24)12(13)9-16(23-22)11-7-5-6-8-15(11)21/h5-9,13-14,16,22H,10H2,1-4H3/b12-9-,23-22?/t13-,14+,16?,20+/m1/s1. The molecule has 4 atom stereocenters. The molecule has 1 N–H and O–H groups in total. The van der Waals surface area contributed by atoms with Crippen molar-refractivity contribution in [1.29, 1.82) is 5.53 Å². The molecule has 2 saturated carbocycles. The van der Waals surface area contributed by atoms with E-state index in [2.05, 4.69) is 5.11 Å². The molecule has 26 heavy (non-hydrogen) atoms. The first-order chi connectivity index (χ1) is 12.2. The molecule has 1 aromatic carbocycles. The zero-order valence-electron chi connectivity index (χ0n) is 15.4. The van der Waals surface area contributed by atoms with Crippen LogP contribution in [0.25, 0.3) is 0 Å². The lowest BCUT2D eigenvalue weighted by Gasteiger charge is -2.35. The Kier molecular flexibility index (Phi) is 4.33. The molecule has 6 heteroatoms. The quantitative estimate of drug-likeness (QED) is 0.496. The minimum atomic E-state index is -0.877. The molecule has 2 aliphatic carbocycles. The maximum absolute atomic E-state index is 14.1. The number of benzene rings is 1. The van der Waals surface area contributed by atoms with Gasteiger partial charge in [-0.3, -0.25) is 9.59 Å². The lowest BCUT2D eigenvalue weighted by atomic mass is 9.66. The van der Waals surface area contributed by atoms with Crippen LogP contribution in [0, 0.1) is 34.0 Å². The number of carbonyl (C=O) groups is 2. The van der Waals surface area contributed by atoms with E-state index >= 15 is 0 Å². The number of Topliss-reactive ketones (excluding diaryl/α,β-unsaturated/α-hetero) is 1. The second-order valence-electron chi connectivity index (χ2n) is 7.83. The average Bonchev–Trinajstić information content (AvgIpc) is 2.90. The molecule has 1 aromatic rings. The first kappa shape index (κ1) is 18.4. The summed E-state index contributed by atoms with van der Waals surface area (Å²) >= 11 is 0. The van der Waals surface area contributed by atoms with Gasteiger partial charge in [-0.05, 0) is 35.5 Å². The van der Waals surface area contributed by atoms with E-state index in [9.17, 15) is 14.0 Å². The number of methoxy groups -OCH3 is 1. The number of nitrogens with one attached hydrogen (secondary N) is 1. The highest BCUT2D eigenvalue weighted by Crippen LogP contribution is 2.68. The summed E-state index contributed by atoms with van der Waals surface area (Å²) in [7, 11) is 1.33. The molecule has 0 amide bonds. The topological polar surface area (TPSA) is 79.6 Å². The molecule has 0 aromatic heterocycles. The van der Waals surface area contributed by atoms with Crippen molar-refractivity contribution in [3.8, 4) is 0 Å². The zero-order chi connectivity index (χ0) is 19.3. The molecule has 5 nitrogen and oxygen atoms in total. The number of fused-ring (bicyclic) bond motifs is 2. The minimum absolute atomic E-state index is 0.126. The van der Waals surface area contributed by atoms with Crippen molar-refractivity contribution in [2.24, 2.45) is 27.8 Å². The first-order valence-corrected chi connectivity index (χ1v) is 8.65. The molecular weight excluding hydrogens is 335 g/mol. The molecule has 0 radical (unpaired) electrons. The van der Waals surface area contributed by atoms with Crippen molar-refractivity contribution in [2.75, 3.05) is 7.11 Å². The third kappa shape index (κ3) is 2.27. The Hall–Kier alpha value is -2.37. The second kappa shape index (κ2) is 6.11. The van der Waals surface area contributed by atoms with Gasteiger partial charge in [0.1, 0.15) is 11.9 Å². The van der Waals surface area contributed by atoms with Crippen LogP contribution in [-0.2, 0) is 14.3 Å². The van der Waals surface area contributed by atoms with Crippen LogP contribution in [0.4, 0.5) is 4.39 Å². The Morgan fingerprint density at radius 2 is 2.04 bits per heavy atom. The number of nitrogens with zero attached hydrogens (tertiary/aromatic N) is 1. The predicted molar refractivity (Wildman–Crippen MR) is 92.9 cm³/mol. The van der Waals surface area contributed by atoms with Crippen LogP contribution >= 0.6 is 0 Å². The number of halogens is 1. The summed E-state index contributed by atoms with van der Waals surface area (Å²) < 4.78 is 19.0. The number of hydrogen-bond acceptors (Lipinski definition) is 5. The lowest BCUT2D eigenvalue weighted by molar-refractivity contribution is -0.154. The summed E-state index contributed by atoms with van der Waals surface area (Å²) in [6.07, 6.45) is 2.11. The van der Waals surface area contributed by atoms with Gasteiger partial charge in [0.15, 0.2) is 5.78 Å². The summed E-state index contributed by atoms with van der Waals surface area (Å²) in [5.74, 6) is -1.60. The third-order valence-electron chi connectivity index (χ3n) is 6.67. The normalized spacial score (nSPS) is 31.9. The maximum atomic E-state index is 14.1. The predicted octanol–water partition coefficient (Wildman–Crippen LogP) is 4.25. The van der Waals surface area contributed by atoms with Gasteiger partial charge in [-0.2, -0.15) is 5.11 Å². The van der Waals surface area contributed by atoms with E-state index in [1.165, 1.54) is 13.2 Å². The first-order valence-electron chi connectivity index (χ1n) is 8.65. The number of allylic oxidation sites excluding steroid dienone is 1. The van der Waals surface area contributed by atoms with E-state index in [0.717, 1.165) is 0 Å². The molecule has 0 spiro atoms. The number of hydrogen-bond donors (Lipinski definition) is 1. The van der Waals surface area contributed by atoms with Crippen molar-refractivity contribution in [2.45, 2.75) is 33.2 Å². The summed E-state index contributed by atoms with van der Waals surface area (Å²) in [5.41, 5.74) is 6.97. The average molecular weight is 358 g/mol. The van der Waals surface area contributed by atoms with Crippen LogP contribution < -0.4 is 0 Å². The summed E-state index contributed by atoms with van der Waals surface area (Å²) in [4.78, 5) is 25.4. The Labute approximate surface area is 152 Å². The molecule has 2 aliphatic rings. The van der Waals surface area contributed by atoms with E-state index in [1.54, 1.807) is 24.3 Å². The number of ketones is 1. The molecular formula is C20H23FN2O3. The molecule has 0 aliphatic heterocycles. The fraction of sp³-hybridized carbons (Fsp3) is 0.500. The monoisotopic (exact) mass is 358 g/mol. The third-order valence-corrected chi connectivity index (χ3v) is 6.67. The molecule has 3 rings (SSSR count). The van der Waals surface area contributed by atoms with Crippen molar-refractivity contribution in [1.82, 2.24) is 0 Å². The Morgan fingerprint density at radius 1 is 1.38 bits per heavy atom. The van der Waals surface area contributed by atoms with Gasteiger partial charge in [-0.1, -0.05) is 39.0 Å². The Morgan fingerprint density at radius 3 is 2.58 bits per heavy atom. The minimum Gasteiger partial charge on any atom is -0.469 e. The van der Waals surface area contributed by atoms with Gasteiger partial charge in [0.25, 0.3) is 0 Å². The van der Waals surface area contributed by atoms with Crippen LogP contribution in [0.15, 0.2) is 41.0 Å². The van der Waals surface area contributed by atoms with E-state index in [1.807, 2.05) is 20.8 Å². The number of carbonyl (C=O) groups excluding carboxylic acids is 2. The van der Waals surface area contributed by atoms with Crippen molar-refractivity contribution >= 4 is 11.8 Å². The van der Waals surface area contributed by atoms with Gasteiger partial charge in [-0.15, -0.1) is 0 Å². The van der Waals surface area contributed by atoms with E-state index < -0.39 is 28.6 Å². The molecule has 2 bridgehead atoms. The van der Waals surface area contributed by atoms with Gasteiger partial charge in [-0.25, -0.2) is 9.92 Å². The highest BCUT2D eigenvalue weighted by molar-refractivity contribution is 6.07. The van der Waals surface area contributed by atoms with Crippen molar-refractivity contribution in [3.05, 3.63) is 47.3 Å². The van der Waals surface area contributed by atoms with E-state index in [0.29, 0.717) is 12.0 Å². The highest BCUT2D eigenvalue weighted by atomic mass is 19.1. The van der Waals surface area contributed by atoms with Gasteiger partial charge in [0.05, 0.1) is 13.0 Å². The molecule has 138 valence electrons. The zero-order valence-corrected chi connectivity index (χ0v) is 15.4. The van der Waals surface area contributed by atoms with Gasteiger partial charge in [0, 0.05) is 11.0 Å². The molecule has 1 unspecified atom stereocenters. The SMILES string of the molecule is COC(=O)[C@@H]1C[C@@H]2/C(=C/C(N=N)c3ccccc3F)C(=O)[C@@]1(C)C2(C)C. The van der Waals surface area contributed by atoms with Gasteiger partial charge >= 0.3 is 5.97 Å². The summed E-state index contributed by atoms with van der Waals surface area (Å²) in [5, 5.41) is 3.53. The lowest BCUT2D eigenvalue weighted by Crippen LogP contribution is -2.42. The van der Waals surface area contributed by atoms with E-state index in [4.69, 9.17) is 10.3 Å². The van der Waals surface area contributed by atoms with Gasteiger partial charge in [0.2, 0.25) is 0 Å². The van der Waals surface area contributed by atoms with Crippen LogP contribution in [0.3, 0.4) is 0 Å². The Bertz CT molecular complexity index is 817. The fourth-order valence-corrected chi connectivity index (χ4v) is 4.75. The largest absolute Gasteiger partial charge is 0.469 e. The number of esters is 1. The smallest absolute Gasteiger partial charge is 0.309 e. The number of ether oxygens (including phenoxy) is 1. The highest BCUT2D eigenvalue weighted by Gasteiger charge is 2.70. The Balaban J connectivity index is 2.05. The van der Waals surface area contributed by atoms with Crippen LogP contribution in [-0.4, -0.2) is 18.9 Å². The van der Waals surface area contributed by atoms with Crippen molar-refractivity contribution in [3.63, 3.8) is 0 Å². The van der Waals surface area contributed by atoms with Crippen LogP contribution in [0.2, 0.25) is 0 Å². The second-order valence-corrected chi connectivity index (χ2v) is 7.83. The fourth-order valence-electron chi connectivity index (χ4n) is 4.75.